The van der Waals surface area contributed by atoms with Crippen LogP contribution in [0.5, 0.6) is 0 Å². The Morgan fingerprint density at radius 2 is 2.05 bits per heavy atom. The van der Waals surface area contributed by atoms with E-state index in [0.717, 1.165) is 17.5 Å². The first-order valence-corrected chi connectivity index (χ1v) is 7.19. The number of benzene rings is 1. The first-order chi connectivity index (χ1) is 9.97. The van der Waals surface area contributed by atoms with Crippen molar-refractivity contribution in [2.75, 3.05) is 7.05 Å². The molecule has 0 aliphatic rings. The van der Waals surface area contributed by atoms with E-state index in [-0.39, 0.29) is 6.04 Å². The van der Waals surface area contributed by atoms with E-state index < -0.39 is 11.6 Å². The predicted octanol–water partition coefficient (Wildman–Crippen LogP) is 3.65. The molecule has 1 aromatic carbocycles. The van der Waals surface area contributed by atoms with Crippen molar-refractivity contribution in [1.29, 1.82) is 0 Å². The molecule has 114 valence electrons. The molecular weight excluding hydrogens is 296 g/mol. The number of nitrogens with zero attached hydrogens (tertiary/aromatic N) is 2. The summed E-state index contributed by atoms with van der Waals surface area (Å²) in [5, 5.41) is 8.10. The van der Waals surface area contributed by atoms with Crippen LogP contribution in [-0.4, -0.2) is 16.8 Å². The third-order valence-electron chi connectivity index (χ3n) is 3.54. The zero-order valence-electron chi connectivity index (χ0n) is 12.3. The predicted molar refractivity (Wildman–Crippen MR) is 79.5 cm³/mol. The van der Waals surface area contributed by atoms with E-state index >= 15 is 0 Å². The minimum atomic E-state index is -0.848. The maximum atomic E-state index is 13.4. The molecule has 0 saturated heterocycles. The third kappa shape index (κ3) is 3.24. The molecule has 0 aliphatic heterocycles. The quantitative estimate of drug-likeness (QED) is 0.913. The highest BCUT2D eigenvalue weighted by Crippen LogP contribution is 2.26. The summed E-state index contributed by atoms with van der Waals surface area (Å²) >= 11 is 6.29. The van der Waals surface area contributed by atoms with Crippen molar-refractivity contribution in [2.45, 2.75) is 32.9 Å². The molecule has 1 unspecified atom stereocenters. The van der Waals surface area contributed by atoms with Gasteiger partial charge in [0, 0.05) is 19.0 Å². The number of likely N-dealkylation sites (N-methyl/N-ethyl adjacent to an activating group) is 1. The molecule has 1 aromatic heterocycles. The van der Waals surface area contributed by atoms with Crippen LogP contribution in [0, 0.1) is 18.6 Å². The Hall–Kier alpha value is -1.46. The summed E-state index contributed by atoms with van der Waals surface area (Å²) in [4.78, 5) is 0. The molecule has 0 amide bonds. The number of rotatable bonds is 5. The van der Waals surface area contributed by atoms with Crippen LogP contribution in [0.15, 0.2) is 18.2 Å². The third-order valence-corrected chi connectivity index (χ3v) is 4.04. The van der Waals surface area contributed by atoms with Gasteiger partial charge in [-0.05, 0) is 38.6 Å². The molecule has 0 spiro atoms. The van der Waals surface area contributed by atoms with Crippen molar-refractivity contribution < 1.29 is 8.78 Å². The SMILES string of the molecule is CCn1nc(C)c(Cl)c1CC(NC)c1ccc(F)c(F)c1. The van der Waals surface area contributed by atoms with E-state index in [9.17, 15) is 8.78 Å². The smallest absolute Gasteiger partial charge is 0.159 e. The van der Waals surface area contributed by atoms with E-state index in [1.54, 1.807) is 13.1 Å². The number of aromatic nitrogens is 2. The number of nitrogens with one attached hydrogen (secondary N) is 1. The minimum absolute atomic E-state index is 0.168. The molecule has 0 aliphatic carbocycles. The summed E-state index contributed by atoms with van der Waals surface area (Å²) < 4.78 is 28.3. The van der Waals surface area contributed by atoms with Crippen LogP contribution in [0.1, 0.15) is 29.9 Å². The van der Waals surface area contributed by atoms with E-state index in [1.165, 1.54) is 6.07 Å². The van der Waals surface area contributed by atoms with Gasteiger partial charge in [0.25, 0.3) is 0 Å². The summed E-state index contributed by atoms with van der Waals surface area (Å²) in [6, 6.07) is 3.76. The zero-order valence-corrected chi connectivity index (χ0v) is 13.0. The lowest BCUT2D eigenvalue weighted by Gasteiger charge is -2.18. The molecule has 0 bridgehead atoms. The first kappa shape index (κ1) is 15.9. The van der Waals surface area contributed by atoms with Gasteiger partial charge in [-0.2, -0.15) is 5.10 Å². The molecule has 0 saturated carbocycles. The first-order valence-electron chi connectivity index (χ1n) is 6.81. The van der Waals surface area contributed by atoms with Crippen molar-refractivity contribution in [3.8, 4) is 0 Å². The molecule has 1 heterocycles. The molecule has 3 nitrogen and oxygen atoms in total. The minimum Gasteiger partial charge on any atom is -0.313 e. The highest BCUT2D eigenvalue weighted by molar-refractivity contribution is 6.31. The van der Waals surface area contributed by atoms with Gasteiger partial charge in [-0.15, -0.1) is 0 Å². The molecule has 6 heteroatoms. The van der Waals surface area contributed by atoms with Gasteiger partial charge in [0.15, 0.2) is 11.6 Å². The van der Waals surface area contributed by atoms with Crippen molar-refractivity contribution in [3.05, 3.63) is 51.8 Å². The molecule has 21 heavy (non-hydrogen) atoms. The Morgan fingerprint density at radius 3 is 2.62 bits per heavy atom. The van der Waals surface area contributed by atoms with Crippen LogP contribution in [0.3, 0.4) is 0 Å². The van der Waals surface area contributed by atoms with E-state index in [2.05, 4.69) is 10.4 Å². The Balaban J connectivity index is 2.33. The Labute approximate surface area is 127 Å². The van der Waals surface area contributed by atoms with Gasteiger partial charge in [0.05, 0.1) is 16.4 Å². The van der Waals surface area contributed by atoms with Gasteiger partial charge in [-0.25, -0.2) is 8.78 Å². The molecule has 2 rings (SSSR count). The molecule has 1 N–H and O–H groups in total. The van der Waals surface area contributed by atoms with E-state index in [1.807, 2.05) is 18.5 Å². The van der Waals surface area contributed by atoms with E-state index in [0.29, 0.717) is 23.6 Å². The van der Waals surface area contributed by atoms with Crippen molar-refractivity contribution >= 4 is 11.6 Å². The maximum Gasteiger partial charge on any atom is 0.159 e. The summed E-state index contributed by atoms with van der Waals surface area (Å²) in [5.41, 5.74) is 2.34. The van der Waals surface area contributed by atoms with Gasteiger partial charge in [-0.3, -0.25) is 4.68 Å². The topological polar surface area (TPSA) is 29.9 Å². The van der Waals surface area contributed by atoms with Crippen LogP contribution in [0.2, 0.25) is 5.02 Å². The molecule has 1 atom stereocenters. The zero-order chi connectivity index (χ0) is 15.6. The lowest BCUT2D eigenvalue weighted by atomic mass is 10.0. The van der Waals surface area contributed by atoms with Gasteiger partial charge in [0.1, 0.15) is 0 Å². The Bertz CT molecular complexity index is 640. The van der Waals surface area contributed by atoms with Crippen molar-refractivity contribution in [2.24, 2.45) is 0 Å². The summed E-state index contributed by atoms with van der Waals surface area (Å²) in [5.74, 6) is -1.69. The monoisotopic (exact) mass is 313 g/mol. The number of aryl methyl sites for hydroxylation is 2. The fraction of sp³-hybridized carbons (Fsp3) is 0.400. The summed E-state index contributed by atoms with van der Waals surface area (Å²) in [6.45, 7) is 4.54. The molecular formula is C15H18ClF2N3. The van der Waals surface area contributed by atoms with Gasteiger partial charge < -0.3 is 5.32 Å². The Kier molecular flexibility index (Phi) is 4.96. The lowest BCUT2D eigenvalue weighted by molar-refractivity contribution is 0.497. The fourth-order valence-corrected chi connectivity index (χ4v) is 2.59. The average Bonchev–Trinajstić information content (AvgIpc) is 2.75. The van der Waals surface area contributed by atoms with Crippen LogP contribution in [-0.2, 0) is 13.0 Å². The molecule has 0 fully saturated rings. The highest BCUT2D eigenvalue weighted by Gasteiger charge is 2.19. The van der Waals surface area contributed by atoms with Crippen molar-refractivity contribution in [3.63, 3.8) is 0 Å². The van der Waals surface area contributed by atoms with Gasteiger partial charge in [-0.1, -0.05) is 17.7 Å². The molecule has 2 aromatic rings. The summed E-state index contributed by atoms with van der Waals surface area (Å²) in [7, 11) is 1.78. The van der Waals surface area contributed by atoms with Crippen LogP contribution < -0.4 is 5.32 Å². The number of halogens is 3. The second-order valence-electron chi connectivity index (χ2n) is 4.88. The maximum absolute atomic E-state index is 13.4. The lowest BCUT2D eigenvalue weighted by Crippen LogP contribution is -2.21. The number of hydrogen-bond acceptors (Lipinski definition) is 2. The fourth-order valence-electron chi connectivity index (χ4n) is 2.37. The normalized spacial score (nSPS) is 12.7. The van der Waals surface area contributed by atoms with Gasteiger partial charge in [0.2, 0.25) is 0 Å². The van der Waals surface area contributed by atoms with Crippen LogP contribution >= 0.6 is 11.6 Å². The second kappa shape index (κ2) is 6.54. The molecule has 0 radical (unpaired) electrons. The van der Waals surface area contributed by atoms with E-state index in [4.69, 9.17) is 11.6 Å². The van der Waals surface area contributed by atoms with Crippen LogP contribution in [0.4, 0.5) is 8.78 Å². The second-order valence-corrected chi connectivity index (χ2v) is 5.26. The average molecular weight is 314 g/mol. The highest BCUT2D eigenvalue weighted by atomic mass is 35.5. The van der Waals surface area contributed by atoms with Crippen LogP contribution in [0.25, 0.3) is 0 Å². The summed E-state index contributed by atoms with van der Waals surface area (Å²) in [6.07, 6.45) is 0.551. The van der Waals surface area contributed by atoms with Gasteiger partial charge >= 0.3 is 0 Å². The largest absolute Gasteiger partial charge is 0.313 e. The number of hydrogen-bond donors (Lipinski definition) is 1. The van der Waals surface area contributed by atoms with Crippen molar-refractivity contribution in [1.82, 2.24) is 15.1 Å². The standard InChI is InChI=1S/C15H18ClF2N3/c1-4-21-14(15(16)9(2)20-21)8-13(19-3)10-5-6-11(17)12(18)7-10/h5-7,13,19H,4,8H2,1-3H3. The Morgan fingerprint density at radius 1 is 1.33 bits per heavy atom.